The van der Waals surface area contributed by atoms with Gasteiger partial charge in [-0.05, 0) is 0 Å². The molecule has 0 amide bonds. The van der Waals surface area contributed by atoms with Crippen LogP contribution in [-0.2, 0) is 5.41 Å². The monoisotopic (exact) mass is 804 g/mol. The zero-order valence-electron chi connectivity index (χ0n) is 29.0. The molecular weight excluding hydrogens is 772 g/mol. The molecule has 8 aromatic carbocycles. The van der Waals surface area contributed by atoms with Gasteiger partial charge in [0.2, 0.25) is 0 Å². The second-order valence-corrected chi connectivity index (χ2v) is 17.5. The minimum atomic E-state index is -0.894. The molecule has 0 unspecified atom stereocenters. The molecule has 3 heterocycles. The Kier molecular flexibility index (Phi) is 6.27. The summed E-state index contributed by atoms with van der Waals surface area (Å²) >= 11 is -0.894. The van der Waals surface area contributed by atoms with Crippen LogP contribution in [0.2, 0.25) is 0 Å². The van der Waals surface area contributed by atoms with Crippen molar-refractivity contribution in [1.82, 2.24) is 4.57 Å². The van der Waals surface area contributed by atoms with Crippen LogP contribution in [0.5, 0.6) is 0 Å². The summed E-state index contributed by atoms with van der Waals surface area (Å²) in [6.07, 6.45) is 0. The zero-order chi connectivity index (χ0) is 35.5. The fraction of sp³-hybridized carbons (Fsp3) is 0.0200. The molecule has 10 aromatic rings. The van der Waals surface area contributed by atoms with Crippen molar-refractivity contribution in [3.63, 3.8) is 0 Å². The minimum absolute atomic E-state index is 0.127. The number of anilines is 3. The summed E-state index contributed by atoms with van der Waals surface area (Å²) in [5, 5.41) is 4.19. The van der Waals surface area contributed by atoms with Crippen LogP contribution in [0, 0.1) is 0 Å². The number of aromatic nitrogens is 1. The molecule has 0 N–H and O–H groups in total. The van der Waals surface area contributed by atoms with Crippen LogP contribution in [0.1, 0.15) is 22.3 Å². The third-order valence-corrected chi connectivity index (χ3v) is 15.0. The van der Waals surface area contributed by atoms with E-state index < -0.39 is 25.8 Å². The summed E-state index contributed by atoms with van der Waals surface area (Å²) in [7, 11) is 0. The van der Waals surface area contributed by atoms with E-state index in [9.17, 15) is 4.79 Å². The normalized spacial score (nSPS) is 13.7. The van der Waals surface area contributed by atoms with Gasteiger partial charge in [-0.3, -0.25) is 0 Å². The van der Waals surface area contributed by atoms with Crippen LogP contribution in [0.3, 0.4) is 0 Å². The van der Waals surface area contributed by atoms with Gasteiger partial charge in [0, 0.05) is 0 Å². The number of hydrogen-bond donors (Lipinski definition) is 0. The van der Waals surface area contributed by atoms with Crippen molar-refractivity contribution >= 4 is 76.9 Å². The number of benzene rings is 8. The van der Waals surface area contributed by atoms with E-state index in [4.69, 9.17) is 0 Å². The maximum atomic E-state index is 14.8. The van der Waals surface area contributed by atoms with Crippen LogP contribution in [0.25, 0.3) is 56.2 Å². The summed E-state index contributed by atoms with van der Waals surface area (Å²) in [5.41, 5.74) is 13.9. The predicted octanol–water partition coefficient (Wildman–Crippen LogP) is 11.7. The second kappa shape index (κ2) is 11.2. The fourth-order valence-electron chi connectivity index (χ4n) is 9.63. The van der Waals surface area contributed by atoms with E-state index in [-0.39, 0.29) is 5.43 Å². The second-order valence-electron chi connectivity index (χ2n) is 14.4. The molecule has 0 saturated carbocycles. The van der Waals surface area contributed by atoms with Gasteiger partial charge in [0.05, 0.1) is 0 Å². The van der Waals surface area contributed by atoms with E-state index in [0.717, 1.165) is 33.5 Å². The quantitative estimate of drug-likeness (QED) is 0.128. The van der Waals surface area contributed by atoms with Gasteiger partial charge >= 0.3 is 323 Å². The van der Waals surface area contributed by atoms with E-state index in [0.29, 0.717) is 0 Å². The molecule has 3 nitrogen and oxygen atoms in total. The molecule has 0 atom stereocenters. The van der Waals surface area contributed by atoms with Gasteiger partial charge in [-0.25, -0.2) is 0 Å². The van der Waals surface area contributed by atoms with Crippen LogP contribution in [0.15, 0.2) is 187 Å². The Hall–Kier alpha value is -6.18. The molecule has 0 bridgehead atoms. The molecule has 4 heteroatoms. The molecule has 0 saturated heterocycles. The van der Waals surface area contributed by atoms with E-state index in [2.05, 4.69) is 191 Å². The number of rotatable bonds is 2. The van der Waals surface area contributed by atoms with E-state index in [1.54, 1.807) is 0 Å². The number of hydrogen-bond acceptors (Lipinski definition) is 2. The first-order valence-corrected chi connectivity index (χ1v) is 20.7. The van der Waals surface area contributed by atoms with Gasteiger partial charge in [-0.1, -0.05) is 0 Å². The van der Waals surface area contributed by atoms with Crippen molar-refractivity contribution in [2.45, 2.75) is 5.41 Å². The van der Waals surface area contributed by atoms with Crippen LogP contribution in [-0.4, -0.2) is 25.0 Å². The van der Waals surface area contributed by atoms with E-state index >= 15 is 0 Å². The Labute approximate surface area is 321 Å². The molecule has 12 rings (SSSR count). The summed E-state index contributed by atoms with van der Waals surface area (Å²) in [6, 6.07) is 65.7. The number of fused-ring (bicyclic) bond motifs is 14. The first-order chi connectivity index (χ1) is 26.7. The average Bonchev–Trinajstić information content (AvgIpc) is 3.71. The standard InChI is InChI=1S/C50H30N2OTe/c53-49-36-27-26-32(52-43-22-10-5-17-34(43)35-18-6-11-23-44(35)52)28-47(36)54-48-30-37-33-16-4-7-19-39(33)50(42(37)29-38(48)49)40-20-8-12-24-45(40)51(31-14-2-1-3-15-31)46-25-13-9-21-41(46)50/h1-30H. The van der Waals surface area contributed by atoms with Crippen molar-refractivity contribution in [2.75, 3.05) is 4.90 Å². The zero-order valence-corrected chi connectivity index (χ0v) is 31.4. The Bertz CT molecular complexity index is 3160. The molecule has 0 radical (unpaired) electrons. The fourth-order valence-corrected chi connectivity index (χ4v) is 12.8. The molecule has 2 aromatic heterocycles. The van der Waals surface area contributed by atoms with Gasteiger partial charge in [0.25, 0.3) is 0 Å². The van der Waals surface area contributed by atoms with Gasteiger partial charge in [0.15, 0.2) is 0 Å². The topological polar surface area (TPSA) is 25.2 Å². The predicted molar refractivity (Wildman–Crippen MR) is 225 cm³/mol. The van der Waals surface area contributed by atoms with Crippen molar-refractivity contribution in [3.05, 3.63) is 214 Å². The van der Waals surface area contributed by atoms with Gasteiger partial charge in [-0.2, -0.15) is 0 Å². The SMILES string of the molecule is O=c1c2ccc(-n3c4ccccc4c4ccccc43)cc2[te]c2cc3c(cc12)C1(c2ccccc2-3)c2ccccc2N(c2ccccc2)c2ccccc21. The Morgan fingerprint density at radius 1 is 0.407 bits per heavy atom. The van der Waals surface area contributed by atoms with Crippen molar-refractivity contribution in [3.8, 4) is 16.8 Å². The van der Waals surface area contributed by atoms with Crippen LogP contribution >= 0.6 is 0 Å². The van der Waals surface area contributed by atoms with Crippen molar-refractivity contribution in [2.24, 2.45) is 0 Å². The summed E-state index contributed by atoms with van der Waals surface area (Å²) < 4.78 is 4.77. The summed E-state index contributed by atoms with van der Waals surface area (Å²) in [4.78, 5) is 17.2. The van der Waals surface area contributed by atoms with Gasteiger partial charge < -0.3 is 0 Å². The molecule has 0 fully saturated rings. The first-order valence-electron chi connectivity index (χ1n) is 18.4. The molecule has 54 heavy (non-hydrogen) atoms. The maximum absolute atomic E-state index is 14.8. The van der Waals surface area contributed by atoms with E-state index in [1.165, 1.54) is 62.0 Å². The molecule has 1 spiro atoms. The van der Waals surface area contributed by atoms with E-state index in [1.807, 2.05) is 0 Å². The van der Waals surface area contributed by atoms with Gasteiger partial charge in [-0.15, -0.1) is 0 Å². The molecule has 2 aliphatic rings. The first kappa shape index (κ1) is 30.3. The molecule has 1 aliphatic heterocycles. The average molecular weight is 802 g/mol. The van der Waals surface area contributed by atoms with Crippen LogP contribution < -0.4 is 10.3 Å². The number of para-hydroxylation sites is 5. The summed E-state index contributed by atoms with van der Waals surface area (Å²) in [6.45, 7) is 0. The number of nitrogens with zero attached hydrogens (tertiary/aromatic N) is 2. The van der Waals surface area contributed by atoms with Crippen molar-refractivity contribution < 1.29 is 0 Å². The molecular formula is C50H30N2OTe. The van der Waals surface area contributed by atoms with Crippen LogP contribution in [0.4, 0.5) is 17.1 Å². The molecule has 252 valence electrons. The van der Waals surface area contributed by atoms with Crippen molar-refractivity contribution in [1.29, 1.82) is 0 Å². The third-order valence-electron chi connectivity index (χ3n) is 11.8. The Morgan fingerprint density at radius 3 is 1.69 bits per heavy atom. The third kappa shape index (κ3) is 3.89. The summed E-state index contributed by atoms with van der Waals surface area (Å²) in [5.74, 6) is 0. The molecule has 1 aliphatic carbocycles. The Balaban J connectivity index is 1.14. The van der Waals surface area contributed by atoms with Gasteiger partial charge in [0.1, 0.15) is 0 Å². The Morgan fingerprint density at radius 2 is 0.981 bits per heavy atom.